The number of rotatable bonds is 8. The number of ether oxygens (including phenoxy) is 1. The Labute approximate surface area is 184 Å². The van der Waals surface area contributed by atoms with E-state index < -0.39 is 0 Å². The molecular formula is C21H23N5O2S2. The van der Waals surface area contributed by atoms with E-state index in [4.69, 9.17) is 4.74 Å². The molecule has 2 N–H and O–H groups in total. The average molecular weight is 442 g/mol. The predicted octanol–water partition coefficient (Wildman–Crippen LogP) is 4.04. The molecule has 7 nitrogen and oxygen atoms in total. The van der Waals surface area contributed by atoms with Crippen molar-refractivity contribution >= 4 is 40.8 Å². The summed E-state index contributed by atoms with van der Waals surface area (Å²) in [5.74, 6) is 0.520. The van der Waals surface area contributed by atoms with Gasteiger partial charge in [-0.3, -0.25) is 4.79 Å². The zero-order valence-corrected chi connectivity index (χ0v) is 18.4. The fourth-order valence-electron chi connectivity index (χ4n) is 3.67. The van der Waals surface area contributed by atoms with Crippen LogP contribution >= 0.6 is 23.5 Å². The molecule has 0 amide bonds. The average Bonchev–Trinajstić information content (AvgIpc) is 3.30. The van der Waals surface area contributed by atoms with E-state index in [-0.39, 0.29) is 6.04 Å². The topological polar surface area (TPSA) is 79.4 Å². The third kappa shape index (κ3) is 4.43. The van der Waals surface area contributed by atoms with Gasteiger partial charge in [-0.15, -0.1) is 0 Å². The van der Waals surface area contributed by atoms with Gasteiger partial charge in [0.05, 0.1) is 11.7 Å². The van der Waals surface area contributed by atoms with Crippen LogP contribution in [0.4, 0.5) is 10.8 Å². The van der Waals surface area contributed by atoms with Crippen LogP contribution in [-0.4, -0.2) is 29.4 Å². The molecule has 0 aliphatic carbocycles. The van der Waals surface area contributed by atoms with Crippen LogP contribution in [0.15, 0.2) is 47.6 Å². The summed E-state index contributed by atoms with van der Waals surface area (Å²) in [6.07, 6.45) is 2.55. The molecule has 1 aromatic heterocycles. The van der Waals surface area contributed by atoms with Crippen LogP contribution in [0.3, 0.4) is 0 Å². The molecule has 0 saturated carbocycles. The van der Waals surface area contributed by atoms with E-state index in [0.717, 1.165) is 35.2 Å². The highest BCUT2D eigenvalue weighted by molar-refractivity contribution is 8.00. The maximum absolute atomic E-state index is 11.1. The highest BCUT2D eigenvalue weighted by Gasteiger charge is 2.22. The van der Waals surface area contributed by atoms with Gasteiger partial charge in [-0.1, -0.05) is 18.2 Å². The SMILES string of the molecule is CC(c1cccc2c1CNCC2)N(C)c1ccc(SNc2ncns2)cc1OC=O. The molecule has 0 saturated heterocycles. The summed E-state index contributed by atoms with van der Waals surface area (Å²) in [5.41, 5.74) is 4.92. The van der Waals surface area contributed by atoms with Gasteiger partial charge in [0.1, 0.15) is 6.33 Å². The van der Waals surface area contributed by atoms with Crippen molar-refractivity contribution in [3.8, 4) is 5.75 Å². The first-order chi connectivity index (χ1) is 14.7. The van der Waals surface area contributed by atoms with Crippen LogP contribution in [-0.2, 0) is 17.8 Å². The lowest BCUT2D eigenvalue weighted by atomic mass is 9.92. The van der Waals surface area contributed by atoms with Gasteiger partial charge in [0.15, 0.2) is 5.75 Å². The summed E-state index contributed by atoms with van der Waals surface area (Å²) in [5, 5.41) is 4.19. The van der Waals surface area contributed by atoms with Crippen LogP contribution in [0, 0.1) is 0 Å². The van der Waals surface area contributed by atoms with Crippen molar-refractivity contribution in [3.63, 3.8) is 0 Å². The van der Waals surface area contributed by atoms with Crippen molar-refractivity contribution in [3.05, 3.63) is 59.4 Å². The van der Waals surface area contributed by atoms with Crippen LogP contribution in [0.5, 0.6) is 5.75 Å². The van der Waals surface area contributed by atoms with Crippen LogP contribution in [0.1, 0.15) is 29.7 Å². The van der Waals surface area contributed by atoms with Crippen molar-refractivity contribution in [2.45, 2.75) is 30.8 Å². The first kappa shape index (κ1) is 20.6. The number of nitrogens with one attached hydrogen (secondary N) is 2. The maximum Gasteiger partial charge on any atom is 0.298 e. The van der Waals surface area contributed by atoms with E-state index in [9.17, 15) is 4.79 Å². The smallest absolute Gasteiger partial charge is 0.298 e. The van der Waals surface area contributed by atoms with E-state index in [2.05, 4.69) is 49.4 Å². The Morgan fingerprint density at radius 3 is 3.07 bits per heavy atom. The second-order valence-corrected chi connectivity index (χ2v) is 8.65. The number of carbonyl (C=O) groups excluding carboxylic acids is 1. The molecule has 0 radical (unpaired) electrons. The van der Waals surface area contributed by atoms with Crippen LogP contribution in [0.25, 0.3) is 0 Å². The quantitative estimate of drug-likeness (QED) is 0.401. The second kappa shape index (κ2) is 9.46. The predicted molar refractivity (Wildman–Crippen MR) is 121 cm³/mol. The van der Waals surface area contributed by atoms with Gasteiger partial charge in [-0.25, -0.2) is 4.98 Å². The third-order valence-electron chi connectivity index (χ3n) is 5.32. The first-order valence-electron chi connectivity index (χ1n) is 9.65. The van der Waals surface area contributed by atoms with Gasteiger partial charge in [-0.2, -0.15) is 4.37 Å². The molecule has 1 unspecified atom stereocenters. The molecule has 156 valence electrons. The van der Waals surface area contributed by atoms with Gasteiger partial charge in [0.2, 0.25) is 5.13 Å². The molecule has 0 bridgehead atoms. The Balaban J connectivity index is 1.58. The summed E-state index contributed by atoms with van der Waals surface area (Å²) in [6, 6.07) is 12.5. The number of anilines is 2. The molecular weight excluding hydrogens is 418 g/mol. The molecule has 0 spiro atoms. The summed E-state index contributed by atoms with van der Waals surface area (Å²) in [7, 11) is 2.03. The van der Waals surface area contributed by atoms with Crippen molar-refractivity contribution < 1.29 is 9.53 Å². The van der Waals surface area contributed by atoms with Gasteiger partial charge >= 0.3 is 0 Å². The maximum atomic E-state index is 11.1. The number of fused-ring (bicyclic) bond motifs is 1. The van der Waals surface area contributed by atoms with E-state index in [0.29, 0.717) is 12.2 Å². The summed E-state index contributed by atoms with van der Waals surface area (Å²) in [6.45, 7) is 4.54. The zero-order chi connectivity index (χ0) is 20.9. The fraction of sp³-hybridized carbons (Fsp3) is 0.286. The van der Waals surface area contributed by atoms with Crippen molar-refractivity contribution in [1.82, 2.24) is 14.7 Å². The Kier molecular flexibility index (Phi) is 6.51. The highest BCUT2D eigenvalue weighted by atomic mass is 32.2. The van der Waals surface area contributed by atoms with Gasteiger partial charge < -0.3 is 19.7 Å². The normalized spacial score (nSPS) is 13.9. The molecule has 9 heteroatoms. The molecule has 30 heavy (non-hydrogen) atoms. The largest absolute Gasteiger partial charge is 0.426 e. The molecule has 2 aromatic carbocycles. The van der Waals surface area contributed by atoms with Gasteiger partial charge in [0, 0.05) is 30.0 Å². The van der Waals surface area contributed by atoms with Crippen molar-refractivity contribution in [1.29, 1.82) is 0 Å². The van der Waals surface area contributed by atoms with E-state index in [1.54, 1.807) is 0 Å². The Morgan fingerprint density at radius 2 is 2.27 bits per heavy atom. The lowest BCUT2D eigenvalue weighted by Gasteiger charge is -2.32. The Morgan fingerprint density at radius 1 is 1.37 bits per heavy atom. The molecule has 2 heterocycles. The van der Waals surface area contributed by atoms with Gasteiger partial charge in [-0.05, 0) is 66.7 Å². The molecule has 4 rings (SSSR count). The third-order valence-corrected chi connectivity index (χ3v) is 6.81. The van der Waals surface area contributed by atoms with Crippen LogP contribution in [0.2, 0.25) is 0 Å². The molecule has 0 fully saturated rings. The van der Waals surface area contributed by atoms with Crippen LogP contribution < -0.4 is 19.7 Å². The van der Waals surface area contributed by atoms with E-state index in [1.807, 2.05) is 25.2 Å². The lowest BCUT2D eigenvalue weighted by molar-refractivity contribution is -0.120. The Hall–Kier alpha value is -2.62. The first-order valence-corrected chi connectivity index (χ1v) is 11.2. The van der Waals surface area contributed by atoms with E-state index in [1.165, 1.54) is 46.5 Å². The highest BCUT2D eigenvalue weighted by Crippen LogP contribution is 2.37. The number of benzene rings is 2. The lowest BCUT2D eigenvalue weighted by Crippen LogP contribution is -2.28. The zero-order valence-electron chi connectivity index (χ0n) is 16.8. The summed E-state index contributed by atoms with van der Waals surface area (Å²) >= 11 is 2.68. The van der Waals surface area contributed by atoms with Crippen molar-refractivity contribution in [2.24, 2.45) is 0 Å². The minimum Gasteiger partial charge on any atom is -0.426 e. The monoisotopic (exact) mass is 441 g/mol. The number of carbonyl (C=O) groups is 1. The van der Waals surface area contributed by atoms with Gasteiger partial charge in [0.25, 0.3) is 6.47 Å². The molecule has 1 aliphatic rings. The van der Waals surface area contributed by atoms with E-state index >= 15 is 0 Å². The Bertz CT molecular complexity index is 1010. The minimum absolute atomic E-state index is 0.117. The number of aromatic nitrogens is 2. The molecule has 1 aliphatic heterocycles. The molecule has 1 atom stereocenters. The summed E-state index contributed by atoms with van der Waals surface area (Å²) < 4.78 is 12.4. The van der Waals surface area contributed by atoms with Crippen molar-refractivity contribution in [2.75, 3.05) is 23.2 Å². The fourth-order valence-corrected chi connectivity index (χ4v) is 4.79. The molecule has 3 aromatic rings. The second-order valence-electron chi connectivity index (χ2n) is 6.99. The summed E-state index contributed by atoms with van der Waals surface area (Å²) in [4.78, 5) is 18.3. The number of nitrogens with zero attached hydrogens (tertiary/aromatic N) is 3. The minimum atomic E-state index is 0.117. The standard InChI is InChI=1S/C21H23N5O2S2/c1-14(17-5-3-4-15-8-9-22-11-18(15)17)26(2)19-7-6-16(10-20(19)28-13-27)29-25-21-23-12-24-30-21/h3-7,10,12-14,22H,8-9,11H2,1-2H3,(H,23,24,25). The number of hydrogen-bond donors (Lipinski definition) is 2. The number of hydrogen-bond acceptors (Lipinski definition) is 9.